The van der Waals surface area contributed by atoms with Gasteiger partial charge in [0, 0.05) is 17.5 Å². The molecule has 0 aliphatic rings. The molecule has 0 aromatic heterocycles. The van der Waals surface area contributed by atoms with Crippen LogP contribution in [-0.2, 0) is 21.3 Å². The summed E-state index contributed by atoms with van der Waals surface area (Å²) in [5.41, 5.74) is 1.03. The highest BCUT2D eigenvalue weighted by molar-refractivity contribution is 9.08. The van der Waals surface area contributed by atoms with E-state index in [1.165, 1.54) is 12.1 Å². The van der Waals surface area contributed by atoms with Crippen molar-refractivity contribution in [2.24, 2.45) is 0 Å². The van der Waals surface area contributed by atoms with Gasteiger partial charge in [-0.3, -0.25) is 14.9 Å². The lowest BCUT2D eigenvalue weighted by Gasteiger charge is -2.09. The summed E-state index contributed by atoms with van der Waals surface area (Å²) in [6.45, 7) is 1.97. The van der Waals surface area contributed by atoms with Crippen molar-refractivity contribution in [3.05, 3.63) is 38.4 Å². The Morgan fingerprint density at radius 1 is 1.56 bits per heavy atom. The molecule has 0 radical (unpaired) electrons. The number of halogens is 2. The van der Waals surface area contributed by atoms with Gasteiger partial charge in [0.2, 0.25) is 0 Å². The van der Waals surface area contributed by atoms with E-state index in [-0.39, 0.29) is 23.7 Å². The van der Waals surface area contributed by atoms with Crippen molar-refractivity contribution in [1.29, 1.82) is 0 Å². The van der Waals surface area contributed by atoms with Crippen molar-refractivity contribution < 1.29 is 14.5 Å². The van der Waals surface area contributed by atoms with Crippen LogP contribution in [0.1, 0.15) is 18.1 Å². The Labute approximate surface area is 117 Å². The number of carbonyl (C=O) groups excluding carboxylic acids is 1. The first-order valence-corrected chi connectivity index (χ1v) is 6.66. The molecule has 0 spiro atoms. The number of esters is 1. The average Bonchev–Trinajstić information content (AvgIpc) is 2.28. The van der Waals surface area contributed by atoms with Crippen molar-refractivity contribution in [3.63, 3.8) is 0 Å². The molecule has 0 unspecified atom stereocenters. The number of ether oxygens (including phenoxy) is 1. The number of benzene rings is 1. The SMILES string of the molecule is CCOC(=O)Cc1cc([N+](=O)[O-])cc(Cl)c1CBr. The van der Waals surface area contributed by atoms with Gasteiger partial charge in [-0.05, 0) is 18.1 Å². The largest absolute Gasteiger partial charge is 0.466 e. The second kappa shape index (κ2) is 6.70. The fourth-order valence-electron chi connectivity index (χ4n) is 1.46. The zero-order valence-corrected chi connectivity index (χ0v) is 12.0. The van der Waals surface area contributed by atoms with Crippen LogP contribution in [0.3, 0.4) is 0 Å². The van der Waals surface area contributed by atoms with E-state index in [9.17, 15) is 14.9 Å². The topological polar surface area (TPSA) is 69.4 Å². The Hall–Kier alpha value is -1.14. The molecule has 1 aromatic rings. The summed E-state index contributed by atoms with van der Waals surface area (Å²) in [5, 5.41) is 11.4. The molecule has 1 aromatic carbocycles. The molecule has 7 heteroatoms. The molecule has 0 saturated heterocycles. The van der Waals surface area contributed by atoms with Gasteiger partial charge in [0.05, 0.1) is 23.0 Å². The van der Waals surface area contributed by atoms with Gasteiger partial charge in [0.15, 0.2) is 0 Å². The zero-order valence-electron chi connectivity index (χ0n) is 9.61. The minimum atomic E-state index is -0.543. The number of carbonyl (C=O) groups is 1. The van der Waals surface area contributed by atoms with Crippen molar-refractivity contribution in [2.45, 2.75) is 18.7 Å². The molecule has 0 aliphatic heterocycles. The third kappa shape index (κ3) is 3.68. The summed E-state index contributed by atoms with van der Waals surface area (Å²) in [6, 6.07) is 2.62. The molecule has 0 heterocycles. The molecule has 0 amide bonds. The summed E-state index contributed by atoms with van der Waals surface area (Å²) in [6.07, 6.45) is -0.0316. The van der Waals surface area contributed by atoms with Crippen LogP contribution in [-0.4, -0.2) is 17.5 Å². The van der Waals surface area contributed by atoms with Crippen LogP contribution in [0.2, 0.25) is 5.02 Å². The molecule has 0 aliphatic carbocycles. The minimum absolute atomic E-state index is 0.0316. The van der Waals surface area contributed by atoms with Gasteiger partial charge in [0.25, 0.3) is 5.69 Å². The Balaban J connectivity index is 3.14. The number of nitro groups is 1. The van der Waals surface area contributed by atoms with E-state index in [1.54, 1.807) is 6.92 Å². The maximum Gasteiger partial charge on any atom is 0.310 e. The Bertz CT molecular complexity index is 478. The van der Waals surface area contributed by atoms with E-state index >= 15 is 0 Å². The van der Waals surface area contributed by atoms with Crippen molar-refractivity contribution >= 4 is 39.2 Å². The van der Waals surface area contributed by atoms with Crippen molar-refractivity contribution in [2.75, 3.05) is 6.61 Å². The Morgan fingerprint density at radius 3 is 2.72 bits per heavy atom. The molecule has 0 bridgehead atoms. The second-order valence-electron chi connectivity index (χ2n) is 3.44. The standard InChI is InChI=1S/C11H11BrClNO4/c1-2-18-11(15)4-7-3-8(14(16)17)5-10(13)9(7)6-12/h3,5H,2,4,6H2,1H3. The Morgan fingerprint density at radius 2 is 2.22 bits per heavy atom. The first-order valence-electron chi connectivity index (χ1n) is 5.16. The third-order valence-corrected chi connectivity index (χ3v) is 3.16. The number of hydrogen-bond donors (Lipinski definition) is 0. The van der Waals surface area contributed by atoms with E-state index in [1.807, 2.05) is 0 Å². The number of nitrogens with zero attached hydrogens (tertiary/aromatic N) is 1. The molecule has 98 valence electrons. The molecule has 0 saturated carbocycles. The fraction of sp³-hybridized carbons (Fsp3) is 0.364. The highest BCUT2D eigenvalue weighted by Crippen LogP contribution is 2.29. The molecule has 0 atom stereocenters. The van der Waals surface area contributed by atoms with E-state index in [2.05, 4.69) is 15.9 Å². The lowest BCUT2D eigenvalue weighted by molar-refractivity contribution is -0.384. The third-order valence-electron chi connectivity index (χ3n) is 2.26. The lowest BCUT2D eigenvalue weighted by Crippen LogP contribution is -2.09. The normalized spacial score (nSPS) is 10.2. The van der Waals surface area contributed by atoms with Gasteiger partial charge in [0.1, 0.15) is 0 Å². The van der Waals surface area contributed by atoms with Crippen LogP contribution in [0.15, 0.2) is 12.1 Å². The maximum absolute atomic E-state index is 11.4. The van der Waals surface area contributed by atoms with Gasteiger partial charge < -0.3 is 4.74 Å². The highest BCUT2D eigenvalue weighted by Gasteiger charge is 2.17. The zero-order chi connectivity index (χ0) is 13.7. The van der Waals surface area contributed by atoms with Crippen LogP contribution in [0.4, 0.5) is 5.69 Å². The quantitative estimate of drug-likeness (QED) is 0.358. The number of rotatable bonds is 5. The van der Waals surface area contributed by atoms with Crippen LogP contribution >= 0.6 is 27.5 Å². The fourth-order valence-corrected chi connectivity index (χ4v) is 2.58. The monoisotopic (exact) mass is 335 g/mol. The number of non-ortho nitro benzene ring substituents is 1. The minimum Gasteiger partial charge on any atom is -0.466 e. The number of alkyl halides is 1. The predicted molar refractivity (Wildman–Crippen MR) is 71.1 cm³/mol. The smallest absolute Gasteiger partial charge is 0.310 e. The highest BCUT2D eigenvalue weighted by atomic mass is 79.9. The first-order chi connectivity index (χ1) is 8.49. The van der Waals surface area contributed by atoms with E-state index in [0.717, 1.165) is 0 Å². The first kappa shape index (κ1) is 14.9. The molecule has 0 N–H and O–H groups in total. The van der Waals surface area contributed by atoms with Crippen molar-refractivity contribution in [3.8, 4) is 0 Å². The average molecular weight is 337 g/mol. The van der Waals surface area contributed by atoms with Gasteiger partial charge >= 0.3 is 5.97 Å². The number of nitro benzene ring substituents is 1. The van der Waals surface area contributed by atoms with E-state index < -0.39 is 10.9 Å². The predicted octanol–water partition coefficient (Wildman–Crippen LogP) is 3.25. The molecule has 1 rings (SSSR count). The van der Waals surface area contributed by atoms with Crippen LogP contribution in [0, 0.1) is 10.1 Å². The summed E-state index contributed by atoms with van der Waals surface area (Å²) >= 11 is 9.20. The van der Waals surface area contributed by atoms with Crippen LogP contribution in [0.5, 0.6) is 0 Å². The maximum atomic E-state index is 11.4. The molecular formula is C11H11BrClNO4. The summed E-state index contributed by atoms with van der Waals surface area (Å²) in [5.74, 6) is -0.434. The lowest BCUT2D eigenvalue weighted by atomic mass is 10.0. The van der Waals surface area contributed by atoms with Gasteiger partial charge in [-0.1, -0.05) is 27.5 Å². The van der Waals surface area contributed by atoms with Crippen LogP contribution in [0.25, 0.3) is 0 Å². The van der Waals surface area contributed by atoms with Gasteiger partial charge in [-0.2, -0.15) is 0 Å². The summed E-state index contributed by atoms with van der Waals surface area (Å²) < 4.78 is 4.82. The van der Waals surface area contributed by atoms with Gasteiger partial charge in [-0.15, -0.1) is 0 Å². The van der Waals surface area contributed by atoms with Crippen molar-refractivity contribution in [1.82, 2.24) is 0 Å². The van der Waals surface area contributed by atoms with E-state index in [4.69, 9.17) is 16.3 Å². The molecule has 0 fully saturated rings. The summed E-state index contributed by atoms with van der Waals surface area (Å²) in [7, 11) is 0. The van der Waals surface area contributed by atoms with Crippen LogP contribution < -0.4 is 0 Å². The number of hydrogen-bond acceptors (Lipinski definition) is 4. The van der Waals surface area contributed by atoms with E-state index in [0.29, 0.717) is 16.5 Å². The Kier molecular flexibility index (Phi) is 5.55. The van der Waals surface area contributed by atoms with Gasteiger partial charge in [-0.25, -0.2) is 0 Å². The molecule has 5 nitrogen and oxygen atoms in total. The summed E-state index contributed by atoms with van der Waals surface area (Å²) in [4.78, 5) is 21.6. The second-order valence-corrected chi connectivity index (χ2v) is 4.41. The molecule has 18 heavy (non-hydrogen) atoms. The molecular weight excluding hydrogens is 325 g/mol.